The molecule has 5 rings (SSSR count). The molecule has 2 aliphatic rings. The average molecular weight is 503 g/mol. The molecule has 1 aliphatic carbocycles. The van der Waals surface area contributed by atoms with Crippen molar-refractivity contribution in [3.63, 3.8) is 0 Å². The molecule has 1 unspecified atom stereocenters. The van der Waals surface area contributed by atoms with Crippen molar-refractivity contribution in [3.8, 4) is 11.5 Å². The molecule has 0 radical (unpaired) electrons. The number of rotatable bonds is 10. The number of primary amides is 1. The Hall–Kier alpha value is -2.77. The van der Waals surface area contributed by atoms with Crippen LogP contribution in [0, 0.1) is 11.7 Å². The molecular weight excluding hydrogens is 471 g/mol. The van der Waals surface area contributed by atoms with Crippen LogP contribution in [0.1, 0.15) is 47.2 Å². The van der Waals surface area contributed by atoms with E-state index in [1.165, 1.54) is 30.5 Å². The third-order valence-electron chi connectivity index (χ3n) is 7.05. The Balaban J connectivity index is 0.00000289. The molecule has 1 atom stereocenters. The Morgan fingerprint density at radius 2 is 2.06 bits per heavy atom. The van der Waals surface area contributed by atoms with Gasteiger partial charge in [0.25, 0.3) is 0 Å². The number of benzene rings is 2. The summed E-state index contributed by atoms with van der Waals surface area (Å²) in [6, 6.07) is 8.80. The molecule has 35 heavy (non-hydrogen) atoms. The zero-order valence-electron chi connectivity index (χ0n) is 19.9. The molecule has 1 saturated carbocycles. The number of ether oxygens (including phenoxy) is 2. The van der Waals surface area contributed by atoms with Crippen molar-refractivity contribution in [2.24, 2.45) is 11.7 Å². The number of aryl methyl sites for hydroxylation is 1. The lowest BCUT2D eigenvalue weighted by molar-refractivity contribution is 0.0979. The van der Waals surface area contributed by atoms with Gasteiger partial charge in [0.2, 0.25) is 5.91 Å². The van der Waals surface area contributed by atoms with Crippen LogP contribution in [0.2, 0.25) is 0 Å². The van der Waals surface area contributed by atoms with Crippen molar-refractivity contribution in [2.75, 3.05) is 26.8 Å². The van der Waals surface area contributed by atoms with E-state index in [0.29, 0.717) is 24.2 Å². The molecule has 8 heteroatoms. The van der Waals surface area contributed by atoms with Gasteiger partial charge in [0.1, 0.15) is 6.61 Å². The summed E-state index contributed by atoms with van der Waals surface area (Å²) in [5.41, 5.74) is 8.50. The van der Waals surface area contributed by atoms with Crippen molar-refractivity contribution in [3.05, 3.63) is 59.1 Å². The minimum Gasteiger partial charge on any atom is -0.493 e. The van der Waals surface area contributed by atoms with Gasteiger partial charge in [-0.25, -0.2) is 4.39 Å². The van der Waals surface area contributed by atoms with Crippen LogP contribution in [-0.4, -0.2) is 43.7 Å². The first-order valence-electron chi connectivity index (χ1n) is 12.1. The Morgan fingerprint density at radius 1 is 1.23 bits per heavy atom. The summed E-state index contributed by atoms with van der Waals surface area (Å²) in [6.45, 7) is 2.36. The second kappa shape index (κ2) is 10.9. The van der Waals surface area contributed by atoms with Gasteiger partial charge in [-0.15, -0.1) is 12.4 Å². The third kappa shape index (κ3) is 5.41. The van der Waals surface area contributed by atoms with Crippen LogP contribution in [0.25, 0.3) is 11.0 Å². The molecule has 0 bridgehead atoms. The molecule has 2 heterocycles. The summed E-state index contributed by atoms with van der Waals surface area (Å²) in [5.74, 6) is 0.675. The SMILES string of the molecule is COc1cccc2c(CCCCN(CC3CC3)C3COc4c(F)ccc(C(N)=O)c4C3)coc12.Cl. The summed E-state index contributed by atoms with van der Waals surface area (Å²) in [6.07, 6.45) is 7.90. The van der Waals surface area contributed by atoms with Gasteiger partial charge in [-0.3, -0.25) is 9.69 Å². The van der Waals surface area contributed by atoms with Crippen LogP contribution >= 0.6 is 12.4 Å². The molecular formula is C27H32ClFN2O4. The lowest BCUT2D eigenvalue weighted by Gasteiger charge is -2.36. The van der Waals surface area contributed by atoms with E-state index in [9.17, 15) is 9.18 Å². The number of hydrogen-bond acceptors (Lipinski definition) is 5. The fourth-order valence-electron chi connectivity index (χ4n) is 5.02. The quantitative estimate of drug-likeness (QED) is 0.388. The van der Waals surface area contributed by atoms with Gasteiger partial charge < -0.3 is 19.6 Å². The Kier molecular flexibility index (Phi) is 7.87. The normalized spacial score (nSPS) is 17.1. The van der Waals surface area contributed by atoms with Gasteiger partial charge in [0.05, 0.1) is 13.4 Å². The molecule has 3 aromatic rings. The van der Waals surface area contributed by atoms with Gasteiger partial charge in [-0.1, -0.05) is 12.1 Å². The second-order valence-corrected chi connectivity index (χ2v) is 9.43. The van der Waals surface area contributed by atoms with E-state index in [-0.39, 0.29) is 24.2 Å². The van der Waals surface area contributed by atoms with Crippen molar-refractivity contribution in [2.45, 2.75) is 44.6 Å². The number of fused-ring (bicyclic) bond motifs is 2. The fourth-order valence-corrected chi connectivity index (χ4v) is 5.02. The number of hydrogen-bond donors (Lipinski definition) is 1. The maximum atomic E-state index is 14.3. The van der Waals surface area contributed by atoms with Gasteiger partial charge >= 0.3 is 0 Å². The maximum Gasteiger partial charge on any atom is 0.249 e. The van der Waals surface area contributed by atoms with Crippen LogP contribution in [0.5, 0.6) is 11.5 Å². The first-order valence-corrected chi connectivity index (χ1v) is 12.1. The fraction of sp³-hybridized carbons (Fsp3) is 0.444. The Bertz CT molecular complexity index is 1190. The van der Waals surface area contributed by atoms with E-state index in [4.69, 9.17) is 19.6 Å². The predicted molar refractivity (Wildman–Crippen MR) is 135 cm³/mol. The van der Waals surface area contributed by atoms with Crippen LogP contribution < -0.4 is 15.2 Å². The van der Waals surface area contributed by atoms with E-state index >= 15 is 0 Å². The first-order chi connectivity index (χ1) is 16.5. The molecule has 2 N–H and O–H groups in total. The molecule has 6 nitrogen and oxygen atoms in total. The molecule has 188 valence electrons. The van der Waals surface area contributed by atoms with Gasteiger partial charge in [-0.05, 0) is 74.8 Å². The summed E-state index contributed by atoms with van der Waals surface area (Å²) >= 11 is 0. The number of carbonyl (C=O) groups is 1. The molecule has 1 aliphatic heterocycles. The Labute approximate surface area is 211 Å². The average Bonchev–Trinajstić information content (AvgIpc) is 3.57. The molecule has 1 aromatic heterocycles. The Morgan fingerprint density at radius 3 is 2.80 bits per heavy atom. The molecule has 0 spiro atoms. The number of furan rings is 1. The largest absolute Gasteiger partial charge is 0.493 e. The van der Waals surface area contributed by atoms with Crippen molar-refractivity contribution >= 4 is 29.3 Å². The van der Waals surface area contributed by atoms with Crippen molar-refractivity contribution in [1.82, 2.24) is 4.90 Å². The summed E-state index contributed by atoms with van der Waals surface area (Å²) in [4.78, 5) is 14.4. The van der Waals surface area contributed by atoms with Crippen molar-refractivity contribution < 1.29 is 23.1 Å². The van der Waals surface area contributed by atoms with Crippen LogP contribution in [-0.2, 0) is 12.8 Å². The monoisotopic (exact) mass is 502 g/mol. The highest BCUT2D eigenvalue weighted by Gasteiger charge is 2.33. The van der Waals surface area contributed by atoms with Gasteiger partial charge in [0, 0.05) is 29.1 Å². The molecule has 1 fully saturated rings. The number of amides is 1. The number of nitrogens with two attached hydrogens (primary N) is 1. The van der Waals surface area contributed by atoms with E-state index in [2.05, 4.69) is 11.0 Å². The minimum atomic E-state index is -0.543. The zero-order valence-corrected chi connectivity index (χ0v) is 20.7. The predicted octanol–water partition coefficient (Wildman–Crippen LogP) is 5.14. The van der Waals surface area contributed by atoms with Crippen molar-refractivity contribution in [1.29, 1.82) is 0 Å². The lowest BCUT2D eigenvalue weighted by atomic mass is 9.95. The standard InChI is InChI=1S/C27H31FN2O4.ClH/c1-32-24-7-4-6-20-18(15-33-26(20)24)5-2-3-12-30(14-17-8-9-17)19-13-22-21(27(29)31)10-11-23(28)25(22)34-16-19;/h4,6-7,10-11,15,17,19H,2-3,5,8-9,12-14,16H2,1H3,(H2,29,31);1H. The maximum absolute atomic E-state index is 14.3. The molecule has 1 amide bonds. The highest BCUT2D eigenvalue weighted by atomic mass is 35.5. The summed E-state index contributed by atoms with van der Waals surface area (Å²) in [5, 5.41) is 1.10. The van der Waals surface area contributed by atoms with Gasteiger partial charge in [-0.2, -0.15) is 0 Å². The van der Waals surface area contributed by atoms with Gasteiger partial charge in [0.15, 0.2) is 22.9 Å². The number of carbonyl (C=O) groups excluding carboxylic acids is 1. The zero-order chi connectivity index (χ0) is 23.7. The second-order valence-electron chi connectivity index (χ2n) is 9.43. The van der Waals surface area contributed by atoms with Crippen LogP contribution in [0.15, 0.2) is 41.0 Å². The number of halogens is 2. The topological polar surface area (TPSA) is 77.9 Å². The van der Waals surface area contributed by atoms with E-state index < -0.39 is 11.7 Å². The van der Waals surface area contributed by atoms with E-state index in [1.807, 2.05) is 18.4 Å². The van der Waals surface area contributed by atoms with E-state index in [0.717, 1.165) is 55.0 Å². The highest BCUT2D eigenvalue weighted by Crippen LogP contribution is 2.35. The number of nitrogens with zero attached hydrogens (tertiary/aromatic N) is 1. The molecule has 2 aromatic carbocycles. The highest BCUT2D eigenvalue weighted by molar-refractivity contribution is 5.95. The minimum absolute atomic E-state index is 0. The van der Waals surface area contributed by atoms with Crippen LogP contribution in [0.4, 0.5) is 4.39 Å². The summed E-state index contributed by atoms with van der Waals surface area (Å²) in [7, 11) is 1.65. The number of para-hydroxylation sites is 1. The third-order valence-corrected chi connectivity index (χ3v) is 7.05. The first kappa shape index (κ1) is 25.3. The number of unbranched alkanes of at least 4 members (excludes halogenated alkanes) is 1. The number of methoxy groups -OCH3 is 1. The molecule has 0 saturated heterocycles. The van der Waals surface area contributed by atoms with Crippen LogP contribution in [0.3, 0.4) is 0 Å². The lowest BCUT2D eigenvalue weighted by Crippen LogP contribution is -2.45. The summed E-state index contributed by atoms with van der Waals surface area (Å²) < 4.78 is 31.3. The van der Waals surface area contributed by atoms with E-state index in [1.54, 1.807) is 7.11 Å². The smallest absolute Gasteiger partial charge is 0.249 e.